The van der Waals surface area contributed by atoms with E-state index >= 15 is 0 Å². The van der Waals surface area contributed by atoms with Crippen molar-refractivity contribution in [2.75, 3.05) is 25.0 Å². The first-order chi connectivity index (χ1) is 13.0. The number of anilines is 1. The van der Waals surface area contributed by atoms with E-state index in [1.54, 1.807) is 29.2 Å². The van der Waals surface area contributed by atoms with Crippen LogP contribution in [-0.2, 0) is 6.42 Å². The zero-order valence-corrected chi connectivity index (χ0v) is 15.9. The number of rotatable bonds is 8. The van der Waals surface area contributed by atoms with Crippen LogP contribution in [-0.4, -0.2) is 42.5 Å². The predicted octanol–water partition coefficient (Wildman–Crippen LogP) is 2.86. The van der Waals surface area contributed by atoms with Crippen LogP contribution < -0.4 is 16.4 Å². The predicted molar refractivity (Wildman–Crippen MR) is 109 cm³/mol. The van der Waals surface area contributed by atoms with Gasteiger partial charge in [-0.2, -0.15) is 0 Å². The monoisotopic (exact) mass is 368 g/mol. The third-order valence-corrected chi connectivity index (χ3v) is 4.01. The van der Waals surface area contributed by atoms with E-state index in [2.05, 4.69) is 10.6 Å². The van der Waals surface area contributed by atoms with Crippen molar-refractivity contribution < 1.29 is 9.59 Å². The molecular weight excluding hydrogens is 340 g/mol. The van der Waals surface area contributed by atoms with Gasteiger partial charge in [-0.15, -0.1) is 0 Å². The quantitative estimate of drug-likeness (QED) is 0.669. The summed E-state index contributed by atoms with van der Waals surface area (Å²) in [6.07, 6.45) is 0.779. The molecule has 0 aliphatic carbocycles. The van der Waals surface area contributed by atoms with Crippen molar-refractivity contribution in [2.24, 2.45) is 5.73 Å². The molecular formula is C21H28N4O2. The number of nitrogens with zero attached hydrogens (tertiary/aromatic N) is 1. The minimum Gasteiger partial charge on any atom is -0.337 e. The number of hydrogen-bond donors (Lipinski definition) is 3. The lowest BCUT2D eigenvalue weighted by atomic mass is 10.1. The molecule has 2 aromatic rings. The van der Waals surface area contributed by atoms with Crippen molar-refractivity contribution in [3.63, 3.8) is 0 Å². The Kier molecular flexibility index (Phi) is 7.82. The summed E-state index contributed by atoms with van der Waals surface area (Å²) >= 11 is 0. The number of benzene rings is 2. The van der Waals surface area contributed by atoms with Crippen LogP contribution in [0.25, 0.3) is 0 Å². The number of nitrogens with one attached hydrogen (secondary N) is 2. The average Bonchev–Trinajstić information content (AvgIpc) is 2.65. The van der Waals surface area contributed by atoms with Gasteiger partial charge in [0.15, 0.2) is 0 Å². The van der Waals surface area contributed by atoms with Crippen LogP contribution >= 0.6 is 0 Å². The Morgan fingerprint density at radius 1 is 1.00 bits per heavy atom. The van der Waals surface area contributed by atoms with Crippen LogP contribution in [0.2, 0.25) is 0 Å². The zero-order valence-electron chi connectivity index (χ0n) is 15.9. The first-order valence-electron chi connectivity index (χ1n) is 9.20. The van der Waals surface area contributed by atoms with Crippen molar-refractivity contribution in [1.29, 1.82) is 0 Å². The van der Waals surface area contributed by atoms with Crippen LogP contribution in [0.1, 0.15) is 29.8 Å². The highest BCUT2D eigenvalue weighted by atomic mass is 16.2. The Balaban J connectivity index is 1.99. The summed E-state index contributed by atoms with van der Waals surface area (Å²) in [5.41, 5.74) is 8.08. The van der Waals surface area contributed by atoms with Crippen LogP contribution in [0.3, 0.4) is 0 Å². The number of carbonyl (C=O) groups is 2. The lowest BCUT2D eigenvalue weighted by Gasteiger charge is -2.22. The topological polar surface area (TPSA) is 87.5 Å². The largest absolute Gasteiger partial charge is 0.337 e. The summed E-state index contributed by atoms with van der Waals surface area (Å²) in [5, 5.41) is 5.50. The number of carbonyl (C=O) groups excluding carboxylic acids is 2. The normalized spacial score (nSPS) is 10.5. The fourth-order valence-electron chi connectivity index (χ4n) is 2.69. The second-order valence-electron chi connectivity index (χ2n) is 6.65. The molecule has 27 heavy (non-hydrogen) atoms. The van der Waals surface area contributed by atoms with Gasteiger partial charge in [-0.25, -0.2) is 4.79 Å². The molecule has 0 atom stereocenters. The number of amides is 3. The number of urea groups is 1. The molecule has 4 N–H and O–H groups in total. The van der Waals surface area contributed by atoms with Gasteiger partial charge >= 0.3 is 6.03 Å². The van der Waals surface area contributed by atoms with Crippen LogP contribution in [0.15, 0.2) is 54.6 Å². The summed E-state index contributed by atoms with van der Waals surface area (Å²) in [6, 6.07) is 16.7. The molecule has 6 nitrogen and oxygen atoms in total. The molecule has 0 aliphatic rings. The van der Waals surface area contributed by atoms with E-state index in [9.17, 15) is 9.59 Å². The summed E-state index contributed by atoms with van der Waals surface area (Å²) in [4.78, 5) is 26.3. The Labute approximate surface area is 160 Å². The molecule has 0 unspecified atom stereocenters. The zero-order chi connectivity index (χ0) is 19.6. The molecule has 6 heteroatoms. The summed E-state index contributed by atoms with van der Waals surface area (Å²) < 4.78 is 0. The van der Waals surface area contributed by atoms with E-state index < -0.39 is 0 Å². The van der Waals surface area contributed by atoms with Crippen molar-refractivity contribution >= 4 is 17.6 Å². The molecule has 2 aromatic carbocycles. The van der Waals surface area contributed by atoms with E-state index in [1.807, 2.05) is 44.2 Å². The van der Waals surface area contributed by atoms with E-state index in [4.69, 9.17) is 5.73 Å². The van der Waals surface area contributed by atoms with Gasteiger partial charge in [0.1, 0.15) is 0 Å². The SMILES string of the molecule is CC(C)NC(=O)Nc1ccc(C(=O)N(CCN)CCc2ccccc2)cc1. The first kappa shape index (κ1) is 20.5. The van der Waals surface area contributed by atoms with Gasteiger partial charge < -0.3 is 21.3 Å². The van der Waals surface area contributed by atoms with Gasteiger partial charge in [-0.05, 0) is 50.1 Å². The Hall–Kier alpha value is -2.86. The average molecular weight is 368 g/mol. The van der Waals surface area contributed by atoms with Gasteiger partial charge in [0.25, 0.3) is 5.91 Å². The van der Waals surface area contributed by atoms with Crippen molar-refractivity contribution in [1.82, 2.24) is 10.2 Å². The first-order valence-corrected chi connectivity index (χ1v) is 9.20. The molecule has 0 fully saturated rings. The summed E-state index contributed by atoms with van der Waals surface area (Å²) in [7, 11) is 0. The maximum atomic E-state index is 12.8. The molecule has 0 heterocycles. The highest BCUT2D eigenvalue weighted by Gasteiger charge is 2.15. The number of nitrogens with two attached hydrogens (primary N) is 1. The molecule has 0 saturated carbocycles. The smallest absolute Gasteiger partial charge is 0.319 e. The van der Waals surface area contributed by atoms with E-state index in [0.29, 0.717) is 30.9 Å². The molecule has 2 rings (SSSR count). The highest BCUT2D eigenvalue weighted by molar-refractivity contribution is 5.95. The van der Waals surface area contributed by atoms with Gasteiger partial charge in [-0.1, -0.05) is 30.3 Å². The lowest BCUT2D eigenvalue weighted by molar-refractivity contribution is 0.0762. The fraction of sp³-hybridized carbons (Fsp3) is 0.333. The van der Waals surface area contributed by atoms with Crippen molar-refractivity contribution in [3.8, 4) is 0 Å². The minimum absolute atomic E-state index is 0.0558. The maximum Gasteiger partial charge on any atom is 0.319 e. The minimum atomic E-state index is -0.267. The molecule has 3 amide bonds. The molecule has 144 valence electrons. The van der Waals surface area contributed by atoms with Crippen LogP contribution in [0.5, 0.6) is 0 Å². The summed E-state index contributed by atoms with van der Waals surface area (Å²) in [5.74, 6) is -0.0606. The molecule has 0 spiro atoms. The van der Waals surface area contributed by atoms with Crippen LogP contribution in [0, 0.1) is 0 Å². The summed E-state index contributed by atoms with van der Waals surface area (Å²) in [6.45, 7) is 5.31. The van der Waals surface area contributed by atoms with Gasteiger partial charge in [0.2, 0.25) is 0 Å². The van der Waals surface area contributed by atoms with E-state index in [1.165, 1.54) is 5.56 Å². The van der Waals surface area contributed by atoms with Crippen molar-refractivity contribution in [3.05, 3.63) is 65.7 Å². The Bertz CT molecular complexity index is 730. The Morgan fingerprint density at radius 2 is 1.67 bits per heavy atom. The second-order valence-corrected chi connectivity index (χ2v) is 6.65. The molecule has 0 aromatic heterocycles. The number of hydrogen-bond acceptors (Lipinski definition) is 3. The van der Waals surface area contributed by atoms with Crippen LogP contribution in [0.4, 0.5) is 10.5 Å². The third-order valence-electron chi connectivity index (χ3n) is 4.01. The maximum absolute atomic E-state index is 12.8. The van der Waals surface area contributed by atoms with Gasteiger partial charge in [0, 0.05) is 36.9 Å². The lowest BCUT2D eigenvalue weighted by Crippen LogP contribution is -2.37. The fourth-order valence-corrected chi connectivity index (χ4v) is 2.69. The van der Waals surface area contributed by atoms with Crippen molar-refractivity contribution in [2.45, 2.75) is 26.3 Å². The second kappa shape index (κ2) is 10.3. The molecule has 0 bridgehead atoms. The highest BCUT2D eigenvalue weighted by Crippen LogP contribution is 2.12. The van der Waals surface area contributed by atoms with E-state index in [0.717, 1.165) is 6.42 Å². The van der Waals surface area contributed by atoms with Gasteiger partial charge in [0.05, 0.1) is 0 Å². The van der Waals surface area contributed by atoms with E-state index in [-0.39, 0.29) is 18.0 Å². The third kappa shape index (κ3) is 6.75. The molecule has 0 radical (unpaired) electrons. The molecule has 0 aliphatic heterocycles. The Morgan fingerprint density at radius 3 is 2.26 bits per heavy atom. The molecule has 0 saturated heterocycles. The standard InChI is InChI=1S/C21H28N4O2/c1-16(2)23-21(27)24-19-10-8-18(9-11-19)20(26)25(15-13-22)14-12-17-6-4-3-5-7-17/h3-11,16H,12-15,22H2,1-2H3,(H2,23,24,27). The van der Waals surface area contributed by atoms with Gasteiger partial charge in [-0.3, -0.25) is 4.79 Å².